The van der Waals surface area contributed by atoms with E-state index in [1.54, 1.807) is 19.2 Å². The van der Waals surface area contributed by atoms with Crippen molar-refractivity contribution in [2.45, 2.75) is 38.9 Å². The summed E-state index contributed by atoms with van der Waals surface area (Å²) in [4.78, 5) is 3.90. The van der Waals surface area contributed by atoms with Crippen molar-refractivity contribution >= 4 is 0 Å². The van der Waals surface area contributed by atoms with Crippen LogP contribution in [0.3, 0.4) is 0 Å². The molecule has 17 heavy (non-hydrogen) atoms. The summed E-state index contributed by atoms with van der Waals surface area (Å²) < 4.78 is 37.5. The Morgan fingerprint density at radius 2 is 2.12 bits per heavy atom. The van der Waals surface area contributed by atoms with Gasteiger partial charge in [0.05, 0.1) is 6.42 Å². The third-order valence-electron chi connectivity index (χ3n) is 2.53. The number of nitrogens with zero attached hydrogens (tertiary/aromatic N) is 1. The highest BCUT2D eigenvalue weighted by Crippen LogP contribution is 2.30. The fraction of sp³-hybridized carbons (Fsp3) is 0.583. The van der Waals surface area contributed by atoms with Crippen molar-refractivity contribution in [3.05, 3.63) is 29.6 Å². The molecule has 1 N–H and O–H groups in total. The van der Waals surface area contributed by atoms with Crippen LogP contribution >= 0.6 is 0 Å². The second-order valence-electron chi connectivity index (χ2n) is 4.06. The maximum atomic E-state index is 12.5. The van der Waals surface area contributed by atoms with Gasteiger partial charge in [0.2, 0.25) is 0 Å². The second-order valence-corrected chi connectivity index (χ2v) is 4.06. The molecule has 0 aliphatic carbocycles. The molecular formula is C12H17F3N2. The van der Waals surface area contributed by atoms with E-state index in [9.17, 15) is 13.2 Å². The molecule has 2 nitrogen and oxygen atoms in total. The summed E-state index contributed by atoms with van der Waals surface area (Å²) >= 11 is 0. The Bertz CT molecular complexity index is 350. The predicted molar refractivity (Wildman–Crippen MR) is 60.7 cm³/mol. The van der Waals surface area contributed by atoms with Gasteiger partial charge in [0.15, 0.2) is 0 Å². The lowest BCUT2D eigenvalue weighted by Crippen LogP contribution is -2.28. The van der Waals surface area contributed by atoms with E-state index in [1.165, 1.54) is 6.20 Å². The summed E-state index contributed by atoms with van der Waals surface area (Å²) in [5.41, 5.74) is 1.45. The van der Waals surface area contributed by atoms with E-state index in [2.05, 4.69) is 10.3 Å². The Morgan fingerprint density at radius 1 is 1.41 bits per heavy atom. The van der Waals surface area contributed by atoms with Crippen LogP contribution in [0.4, 0.5) is 13.2 Å². The maximum Gasteiger partial charge on any atom is 0.390 e. The minimum atomic E-state index is -4.17. The number of alkyl halides is 3. The summed E-state index contributed by atoms with van der Waals surface area (Å²) in [5, 5.41) is 2.92. The Kier molecular flexibility index (Phi) is 4.93. The van der Waals surface area contributed by atoms with Crippen molar-refractivity contribution in [3.8, 4) is 0 Å². The zero-order valence-corrected chi connectivity index (χ0v) is 10.0. The molecule has 96 valence electrons. The Morgan fingerprint density at radius 3 is 2.65 bits per heavy atom. The molecule has 0 saturated carbocycles. The fourth-order valence-electron chi connectivity index (χ4n) is 1.68. The first kappa shape index (κ1) is 14.0. The predicted octanol–water partition coefficient (Wildman–Crippen LogP) is 3.38. The van der Waals surface area contributed by atoms with Gasteiger partial charge in [-0.2, -0.15) is 13.2 Å². The average Bonchev–Trinajstić information content (AvgIpc) is 2.23. The largest absolute Gasteiger partial charge is 0.390 e. The molecule has 0 amide bonds. The highest BCUT2D eigenvalue weighted by molar-refractivity contribution is 5.25. The van der Waals surface area contributed by atoms with Crippen molar-refractivity contribution in [1.82, 2.24) is 10.3 Å². The van der Waals surface area contributed by atoms with Crippen LogP contribution in [0.15, 0.2) is 18.5 Å². The molecule has 5 heteroatoms. The molecule has 1 atom stereocenters. The van der Waals surface area contributed by atoms with Crippen LogP contribution in [0.25, 0.3) is 0 Å². The van der Waals surface area contributed by atoms with Crippen LogP contribution in [0.2, 0.25) is 0 Å². The monoisotopic (exact) mass is 246 g/mol. The number of halogens is 3. The summed E-state index contributed by atoms with van der Waals surface area (Å²) in [6, 6.07) is 1.02. The standard InChI is InChI=1S/C12H17F3N2/c1-3-5-17-11(7-12(13,14)15)10-8-16-6-4-9(10)2/h4,6,8,11,17H,3,5,7H2,1-2H3. The molecule has 0 saturated heterocycles. The highest BCUT2D eigenvalue weighted by Gasteiger charge is 2.32. The van der Waals surface area contributed by atoms with Gasteiger partial charge in [0.1, 0.15) is 0 Å². The van der Waals surface area contributed by atoms with E-state index >= 15 is 0 Å². The molecule has 0 bridgehead atoms. The van der Waals surface area contributed by atoms with E-state index in [-0.39, 0.29) is 0 Å². The zero-order valence-electron chi connectivity index (χ0n) is 10.0. The van der Waals surface area contributed by atoms with Gasteiger partial charge in [0.25, 0.3) is 0 Å². The molecule has 0 fully saturated rings. The molecule has 1 unspecified atom stereocenters. The molecular weight excluding hydrogens is 229 g/mol. The van der Waals surface area contributed by atoms with Crippen LogP contribution in [-0.2, 0) is 0 Å². The molecule has 0 radical (unpaired) electrons. The van der Waals surface area contributed by atoms with E-state index in [0.717, 1.165) is 12.0 Å². The van der Waals surface area contributed by atoms with E-state index in [1.807, 2.05) is 6.92 Å². The van der Waals surface area contributed by atoms with E-state index < -0.39 is 18.6 Å². The Labute approximate surface area is 99.3 Å². The van der Waals surface area contributed by atoms with Gasteiger partial charge in [-0.15, -0.1) is 0 Å². The van der Waals surface area contributed by atoms with Crippen LogP contribution in [-0.4, -0.2) is 17.7 Å². The molecule has 1 aromatic heterocycles. The summed E-state index contributed by atoms with van der Waals surface area (Å²) in [6.45, 7) is 4.29. The van der Waals surface area contributed by atoms with E-state index in [4.69, 9.17) is 0 Å². The van der Waals surface area contributed by atoms with Gasteiger partial charge < -0.3 is 5.32 Å². The molecule has 0 aromatic carbocycles. The van der Waals surface area contributed by atoms with Crippen molar-refractivity contribution < 1.29 is 13.2 Å². The summed E-state index contributed by atoms with van der Waals surface area (Å²) in [7, 11) is 0. The minimum Gasteiger partial charge on any atom is -0.310 e. The lowest BCUT2D eigenvalue weighted by molar-refractivity contribution is -0.140. The van der Waals surface area contributed by atoms with Crippen molar-refractivity contribution in [2.75, 3.05) is 6.54 Å². The first-order chi connectivity index (χ1) is 7.94. The normalized spacial score (nSPS) is 13.7. The number of pyridine rings is 1. The number of hydrogen-bond donors (Lipinski definition) is 1. The van der Waals surface area contributed by atoms with E-state index in [0.29, 0.717) is 12.1 Å². The molecule has 0 spiro atoms. The van der Waals surface area contributed by atoms with Crippen LogP contribution in [0, 0.1) is 6.92 Å². The van der Waals surface area contributed by atoms with Crippen molar-refractivity contribution in [3.63, 3.8) is 0 Å². The number of aryl methyl sites for hydroxylation is 1. The molecule has 0 aliphatic rings. The van der Waals surface area contributed by atoms with Crippen molar-refractivity contribution in [2.24, 2.45) is 0 Å². The molecule has 1 rings (SSSR count). The average molecular weight is 246 g/mol. The van der Waals surface area contributed by atoms with Gasteiger partial charge >= 0.3 is 6.18 Å². The first-order valence-electron chi connectivity index (χ1n) is 5.64. The van der Waals surface area contributed by atoms with Gasteiger partial charge in [0, 0.05) is 18.4 Å². The molecule has 1 aromatic rings. The second kappa shape index (κ2) is 6.00. The topological polar surface area (TPSA) is 24.9 Å². The molecule has 0 aliphatic heterocycles. The van der Waals surface area contributed by atoms with Gasteiger partial charge in [-0.25, -0.2) is 0 Å². The number of nitrogens with one attached hydrogen (secondary N) is 1. The van der Waals surface area contributed by atoms with Crippen LogP contribution in [0.5, 0.6) is 0 Å². The number of rotatable bonds is 5. The lowest BCUT2D eigenvalue weighted by Gasteiger charge is -2.21. The number of hydrogen-bond acceptors (Lipinski definition) is 2. The zero-order chi connectivity index (χ0) is 12.9. The quantitative estimate of drug-likeness (QED) is 0.861. The highest BCUT2D eigenvalue weighted by atomic mass is 19.4. The van der Waals surface area contributed by atoms with Crippen LogP contribution < -0.4 is 5.32 Å². The SMILES string of the molecule is CCCNC(CC(F)(F)F)c1cnccc1C. The third-order valence-corrected chi connectivity index (χ3v) is 2.53. The molecule has 1 heterocycles. The summed E-state index contributed by atoms with van der Waals surface area (Å²) in [5.74, 6) is 0. The Hall–Kier alpha value is -1.10. The maximum absolute atomic E-state index is 12.5. The fourth-order valence-corrected chi connectivity index (χ4v) is 1.68. The number of aromatic nitrogens is 1. The minimum absolute atomic E-state index is 0.565. The van der Waals surface area contributed by atoms with Gasteiger partial charge in [-0.3, -0.25) is 4.98 Å². The first-order valence-corrected chi connectivity index (χ1v) is 5.64. The smallest absolute Gasteiger partial charge is 0.310 e. The van der Waals surface area contributed by atoms with Gasteiger partial charge in [-0.1, -0.05) is 6.92 Å². The lowest BCUT2D eigenvalue weighted by atomic mass is 10.0. The third kappa shape index (κ3) is 4.73. The van der Waals surface area contributed by atoms with Crippen molar-refractivity contribution in [1.29, 1.82) is 0 Å². The summed E-state index contributed by atoms with van der Waals surface area (Å²) in [6.07, 6.45) is -1.14. The Balaban J connectivity index is 2.86. The van der Waals surface area contributed by atoms with Gasteiger partial charge in [-0.05, 0) is 37.1 Å². The van der Waals surface area contributed by atoms with Crippen LogP contribution in [0.1, 0.15) is 36.9 Å².